The lowest BCUT2D eigenvalue weighted by Gasteiger charge is -2.18. The van der Waals surface area contributed by atoms with Gasteiger partial charge in [-0.15, -0.1) is 11.3 Å². The summed E-state index contributed by atoms with van der Waals surface area (Å²) < 4.78 is 1.15. The van der Waals surface area contributed by atoms with E-state index in [-0.39, 0.29) is 5.41 Å². The summed E-state index contributed by atoms with van der Waals surface area (Å²) in [5.41, 5.74) is 1.40. The number of hydrogen-bond donors (Lipinski definition) is 1. The summed E-state index contributed by atoms with van der Waals surface area (Å²) in [6.45, 7) is 6.53. The van der Waals surface area contributed by atoms with Crippen molar-refractivity contribution in [1.82, 2.24) is 0 Å². The van der Waals surface area contributed by atoms with E-state index in [0.29, 0.717) is 5.75 Å². The second kappa shape index (κ2) is 2.99. The van der Waals surface area contributed by atoms with Gasteiger partial charge in [-0.25, -0.2) is 0 Å². The van der Waals surface area contributed by atoms with Crippen LogP contribution in [0.5, 0.6) is 5.75 Å². The van der Waals surface area contributed by atoms with Crippen LogP contribution < -0.4 is 0 Å². The number of fused-ring (bicyclic) bond motifs is 1. The molecule has 1 N–H and O–H groups in total. The van der Waals surface area contributed by atoms with Gasteiger partial charge in [-0.1, -0.05) is 26.8 Å². The van der Waals surface area contributed by atoms with Gasteiger partial charge in [-0.2, -0.15) is 0 Å². The van der Waals surface area contributed by atoms with E-state index in [1.165, 1.54) is 5.56 Å². The normalized spacial score (nSPS) is 12.2. The van der Waals surface area contributed by atoms with Crippen molar-refractivity contribution in [1.29, 1.82) is 0 Å². The van der Waals surface area contributed by atoms with Crippen molar-refractivity contribution in [2.75, 3.05) is 0 Å². The molecule has 2 aromatic rings. The molecule has 0 radical (unpaired) electrons. The third kappa shape index (κ3) is 1.50. The van der Waals surface area contributed by atoms with E-state index in [1.807, 2.05) is 0 Å². The highest BCUT2D eigenvalue weighted by molar-refractivity contribution is 7.17. The van der Waals surface area contributed by atoms with Gasteiger partial charge in [0.15, 0.2) is 0 Å². The highest BCUT2D eigenvalue weighted by Crippen LogP contribution is 2.34. The lowest BCUT2D eigenvalue weighted by atomic mass is 9.86. The van der Waals surface area contributed by atoms with E-state index in [4.69, 9.17) is 0 Å². The molecule has 0 amide bonds. The quantitative estimate of drug-likeness (QED) is 0.693. The molecule has 14 heavy (non-hydrogen) atoms. The van der Waals surface area contributed by atoms with Crippen LogP contribution in [0.4, 0.5) is 0 Å². The predicted molar refractivity (Wildman–Crippen MR) is 62.2 cm³/mol. The largest absolute Gasteiger partial charge is 0.506 e. The minimum absolute atomic E-state index is 0.141. The molecular formula is C12H14OS. The fourth-order valence-corrected chi connectivity index (χ4v) is 2.28. The van der Waals surface area contributed by atoms with Crippen molar-refractivity contribution in [3.8, 4) is 5.75 Å². The van der Waals surface area contributed by atoms with Gasteiger partial charge in [0.2, 0.25) is 0 Å². The zero-order valence-corrected chi connectivity index (χ0v) is 9.48. The van der Waals surface area contributed by atoms with Gasteiger partial charge in [-0.05, 0) is 23.1 Å². The maximum Gasteiger partial charge on any atom is 0.134 e. The molecule has 1 nitrogen and oxygen atoms in total. The van der Waals surface area contributed by atoms with Crippen LogP contribution in [0.2, 0.25) is 0 Å². The average molecular weight is 206 g/mol. The number of thiophene rings is 1. The standard InChI is InChI=1S/C12H14OS/c1-12(2,3)8-4-5-11-9(6-8)10(13)7-14-11/h4-7,13H,1-3H3. The van der Waals surface area contributed by atoms with Gasteiger partial charge < -0.3 is 5.11 Å². The molecule has 0 unspecified atom stereocenters. The highest BCUT2D eigenvalue weighted by atomic mass is 32.1. The maximum atomic E-state index is 9.61. The summed E-state index contributed by atoms with van der Waals surface area (Å²) in [5, 5.41) is 12.4. The minimum atomic E-state index is 0.141. The third-order valence-electron chi connectivity index (χ3n) is 2.42. The first-order valence-electron chi connectivity index (χ1n) is 4.69. The van der Waals surface area contributed by atoms with E-state index < -0.39 is 0 Å². The van der Waals surface area contributed by atoms with Crippen LogP contribution in [-0.2, 0) is 5.41 Å². The summed E-state index contributed by atoms with van der Waals surface area (Å²) in [5.74, 6) is 0.399. The predicted octanol–water partition coefficient (Wildman–Crippen LogP) is 3.90. The molecule has 0 atom stereocenters. The highest BCUT2D eigenvalue weighted by Gasteiger charge is 2.14. The molecule has 2 rings (SSSR count). The summed E-state index contributed by atoms with van der Waals surface area (Å²) >= 11 is 1.58. The molecule has 0 saturated carbocycles. The third-order valence-corrected chi connectivity index (χ3v) is 3.37. The molecule has 74 valence electrons. The van der Waals surface area contributed by atoms with Crippen LogP contribution in [0.3, 0.4) is 0 Å². The fourth-order valence-electron chi connectivity index (χ4n) is 1.48. The first kappa shape index (κ1) is 9.53. The van der Waals surface area contributed by atoms with Crippen molar-refractivity contribution in [2.45, 2.75) is 26.2 Å². The molecular weight excluding hydrogens is 192 g/mol. The number of benzene rings is 1. The van der Waals surface area contributed by atoms with Gasteiger partial charge in [0, 0.05) is 15.5 Å². The zero-order chi connectivity index (χ0) is 10.3. The van der Waals surface area contributed by atoms with E-state index >= 15 is 0 Å². The van der Waals surface area contributed by atoms with Gasteiger partial charge >= 0.3 is 0 Å². The van der Waals surface area contributed by atoms with Crippen LogP contribution >= 0.6 is 11.3 Å². The SMILES string of the molecule is CC(C)(C)c1ccc2scc(O)c2c1. The van der Waals surface area contributed by atoms with Crippen molar-refractivity contribution in [3.05, 3.63) is 29.1 Å². The second-order valence-corrected chi connectivity index (χ2v) is 5.49. The summed E-state index contributed by atoms with van der Waals surface area (Å²) in [6, 6.07) is 6.31. The Balaban J connectivity index is 2.66. The molecule has 0 aliphatic carbocycles. The Labute approximate surface area is 88.0 Å². The van der Waals surface area contributed by atoms with Gasteiger partial charge in [0.05, 0.1) is 0 Å². The molecule has 0 aliphatic rings. The Morgan fingerprint density at radius 1 is 1.21 bits per heavy atom. The molecule has 1 aromatic heterocycles. The molecule has 2 heteroatoms. The average Bonchev–Trinajstić information content (AvgIpc) is 2.46. The topological polar surface area (TPSA) is 20.2 Å². The molecule has 0 fully saturated rings. The summed E-state index contributed by atoms with van der Waals surface area (Å²) in [4.78, 5) is 0. The Kier molecular flexibility index (Phi) is 2.04. The smallest absolute Gasteiger partial charge is 0.134 e. The van der Waals surface area contributed by atoms with Crippen LogP contribution in [0.15, 0.2) is 23.6 Å². The molecule has 0 aliphatic heterocycles. The van der Waals surface area contributed by atoms with Crippen molar-refractivity contribution in [2.24, 2.45) is 0 Å². The monoisotopic (exact) mass is 206 g/mol. The fraction of sp³-hybridized carbons (Fsp3) is 0.333. The molecule has 1 heterocycles. The van der Waals surface area contributed by atoms with Crippen molar-refractivity contribution >= 4 is 21.4 Å². The Bertz CT molecular complexity index is 463. The Hall–Kier alpha value is -1.02. The van der Waals surface area contributed by atoms with E-state index in [9.17, 15) is 5.11 Å². The minimum Gasteiger partial charge on any atom is -0.506 e. The first-order valence-corrected chi connectivity index (χ1v) is 5.57. The maximum absolute atomic E-state index is 9.61. The van der Waals surface area contributed by atoms with E-state index in [0.717, 1.165) is 10.1 Å². The van der Waals surface area contributed by atoms with Crippen molar-refractivity contribution in [3.63, 3.8) is 0 Å². The Morgan fingerprint density at radius 3 is 2.57 bits per heavy atom. The van der Waals surface area contributed by atoms with Gasteiger partial charge in [0.1, 0.15) is 5.75 Å². The van der Waals surface area contributed by atoms with Gasteiger partial charge in [0.25, 0.3) is 0 Å². The van der Waals surface area contributed by atoms with Crippen molar-refractivity contribution < 1.29 is 5.11 Å². The van der Waals surface area contributed by atoms with Crippen LogP contribution in [0, 0.1) is 0 Å². The summed E-state index contributed by atoms with van der Waals surface area (Å²) in [7, 11) is 0. The number of rotatable bonds is 0. The lowest BCUT2D eigenvalue weighted by Crippen LogP contribution is -2.10. The molecule has 0 bridgehead atoms. The Morgan fingerprint density at radius 2 is 1.93 bits per heavy atom. The summed E-state index contributed by atoms with van der Waals surface area (Å²) in [6.07, 6.45) is 0. The zero-order valence-electron chi connectivity index (χ0n) is 8.66. The second-order valence-electron chi connectivity index (χ2n) is 4.58. The van der Waals surface area contributed by atoms with E-state index in [2.05, 4.69) is 39.0 Å². The van der Waals surface area contributed by atoms with Crippen LogP contribution in [0.25, 0.3) is 10.1 Å². The van der Waals surface area contributed by atoms with E-state index in [1.54, 1.807) is 16.7 Å². The van der Waals surface area contributed by atoms with Crippen LogP contribution in [0.1, 0.15) is 26.3 Å². The first-order chi connectivity index (χ1) is 6.48. The molecule has 1 aromatic carbocycles. The van der Waals surface area contributed by atoms with Crippen LogP contribution in [-0.4, -0.2) is 5.11 Å². The molecule has 0 saturated heterocycles. The van der Waals surface area contributed by atoms with Gasteiger partial charge in [-0.3, -0.25) is 0 Å². The lowest BCUT2D eigenvalue weighted by molar-refractivity contribution is 0.483. The number of aromatic hydroxyl groups is 1. The number of hydrogen-bond acceptors (Lipinski definition) is 2. The molecule has 0 spiro atoms.